The molecule has 0 bridgehead atoms. The summed E-state index contributed by atoms with van der Waals surface area (Å²) in [6.45, 7) is 2.98. The molecular weight excluding hydrogens is 216 g/mol. The van der Waals surface area contributed by atoms with E-state index in [9.17, 15) is 13.2 Å². The van der Waals surface area contributed by atoms with Gasteiger partial charge in [-0.3, -0.25) is 4.79 Å². The molecule has 1 rings (SSSR count). The molecule has 6 heteroatoms. The van der Waals surface area contributed by atoms with E-state index in [2.05, 4.69) is 0 Å². The van der Waals surface area contributed by atoms with E-state index in [-0.39, 0.29) is 5.91 Å². The Kier molecular flexibility index (Phi) is 4.10. The molecule has 1 heterocycles. The molecule has 0 aromatic heterocycles. The van der Waals surface area contributed by atoms with Crippen LogP contribution in [0.3, 0.4) is 0 Å². The number of carbonyl (C=O) groups excluding carboxylic acids is 1. The zero-order valence-corrected chi connectivity index (χ0v) is 9.79. The highest BCUT2D eigenvalue weighted by molar-refractivity contribution is 7.89. The van der Waals surface area contributed by atoms with E-state index in [4.69, 9.17) is 5.14 Å². The van der Waals surface area contributed by atoms with Crippen LogP contribution in [-0.4, -0.2) is 37.6 Å². The molecule has 88 valence electrons. The lowest BCUT2D eigenvalue weighted by Gasteiger charge is -2.30. The van der Waals surface area contributed by atoms with E-state index in [1.165, 1.54) is 0 Å². The van der Waals surface area contributed by atoms with E-state index >= 15 is 0 Å². The number of piperidine rings is 1. The van der Waals surface area contributed by atoms with Gasteiger partial charge in [0.05, 0.1) is 5.25 Å². The number of nitrogens with two attached hydrogens (primary N) is 1. The molecule has 0 atom stereocenters. The van der Waals surface area contributed by atoms with Crippen LogP contribution in [0, 0.1) is 0 Å². The van der Waals surface area contributed by atoms with Crippen molar-refractivity contribution in [1.29, 1.82) is 0 Å². The van der Waals surface area contributed by atoms with Crippen LogP contribution in [-0.2, 0) is 14.8 Å². The normalized spacial score (nSPS) is 19.2. The Morgan fingerprint density at radius 1 is 1.40 bits per heavy atom. The molecule has 1 aliphatic heterocycles. The van der Waals surface area contributed by atoms with Gasteiger partial charge in [-0.1, -0.05) is 6.92 Å². The number of rotatable bonds is 3. The summed E-state index contributed by atoms with van der Waals surface area (Å²) in [6.07, 6.45) is 2.30. The highest BCUT2D eigenvalue weighted by Crippen LogP contribution is 2.16. The molecule has 0 saturated carbocycles. The van der Waals surface area contributed by atoms with Gasteiger partial charge in [-0.2, -0.15) is 0 Å². The maximum absolute atomic E-state index is 11.5. The molecule has 1 aliphatic rings. The Labute approximate surface area is 90.7 Å². The molecule has 0 aromatic carbocycles. The lowest BCUT2D eigenvalue weighted by atomic mass is 10.1. The van der Waals surface area contributed by atoms with Crippen molar-refractivity contribution in [3.63, 3.8) is 0 Å². The first-order valence-corrected chi connectivity index (χ1v) is 6.85. The van der Waals surface area contributed by atoms with Crippen molar-refractivity contribution in [2.75, 3.05) is 13.1 Å². The largest absolute Gasteiger partial charge is 0.343 e. The maximum atomic E-state index is 11.5. The van der Waals surface area contributed by atoms with Crippen LogP contribution in [0.15, 0.2) is 0 Å². The Bertz CT molecular complexity index is 318. The highest BCUT2D eigenvalue weighted by atomic mass is 32.2. The average molecular weight is 234 g/mol. The van der Waals surface area contributed by atoms with Crippen molar-refractivity contribution in [2.45, 2.75) is 37.9 Å². The van der Waals surface area contributed by atoms with Crippen molar-refractivity contribution in [1.82, 2.24) is 4.90 Å². The third-order valence-corrected chi connectivity index (χ3v) is 4.12. The summed E-state index contributed by atoms with van der Waals surface area (Å²) < 4.78 is 22.1. The minimum absolute atomic E-state index is 0.116. The van der Waals surface area contributed by atoms with E-state index in [1.54, 1.807) is 4.90 Å². The first kappa shape index (κ1) is 12.4. The Hall–Kier alpha value is -0.620. The van der Waals surface area contributed by atoms with Crippen LogP contribution in [0.1, 0.15) is 32.6 Å². The average Bonchev–Trinajstić information content (AvgIpc) is 2.17. The van der Waals surface area contributed by atoms with Crippen LogP contribution in [0.5, 0.6) is 0 Å². The second-order valence-corrected chi connectivity index (χ2v) is 5.76. The van der Waals surface area contributed by atoms with Crippen LogP contribution >= 0.6 is 0 Å². The van der Waals surface area contributed by atoms with E-state index in [0.717, 1.165) is 6.42 Å². The second-order valence-electron chi connectivity index (χ2n) is 3.92. The summed E-state index contributed by atoms with van der Waals surface area (Å²) in [5.41, 5.74) is 0. The summed E-state index contributed by atoms with van der Waals surface area (Å²) in [5, 5.41) is 4.59. The maximum Gasteiger partial charge on any atom is 0.222 e. The fraction of sp³-hybridized carbons (Fsp3) is 0.889. The van der Waals surface area contributed by atoms with Crippen molar-refractivity contribution in [3.05, 3.63) is 0 Å². The third kappa shape index (κ3) is 3.46. The van der Waals surface area contributed by atoms with Crippen LogP contribution in [0.2, 0.25) is 0 Å². The van der Waals surface area contributed by atoms with Gasteiger partial charge in [-0.25, -0.2) is 13.6 Å². The number of amides is 1. The molecule has 1 fully saturated rings. The van der Waals surface area contributed by atoms with Gasteiger partial charge in [0, 0.05) is 19.5 Å². The number of nitrogens with zero attached hydrogens (tertiary/aromatic N) is 1. The predicted octanol–water partition coefficient (Wildman–Crippen LogP) is 0.0660. The van der Waals surface area contributed by atoms with Crippen molar-refractivity contribution < 1.29 is 13.2 Å². The molecule has 0 radical (unpaired) electrons. The third-order valence-electron chi connectivity index (χ3n) is 2.72. The molecule has 5 nitrogen and oxygen atoms in total. The van der Waals surface area contributed by atoms with Gasteiger partial charge in [0.15, 0.2) is 0 Å². The van der Waals surface area contributed by atoms with E-state index in [0.29, 0.717) is 32.4 Å². The second kappa shape index (κ2) is 4.94. The van der Waals surface area contributed by atoms with Crippen molar-refractivity contribution >= 4 is 15.9 Å². The zero-order chi connectivity index (χ0) is 11.5. The van der Waals surface area contributed by atoms with E-state index < -0.39 is 15.3 Å². The molecule has 2 N–H and O–H groups in total. The van der Waals surface area contributed by atoms with Gasteiger partial charge in [-0.15, -0.1) is 0 Å². The fourth-order valence-corrected chi connectivity index (χ4v) is 2.67. The highest BCUT2D eigenvalue weighted by Gasteiger charge is 2.28. The topological polar surface area (TPSA) is 80.5 Å². The molecule has 1 amide bonds. The predicted molar refractivity (Wildman–Crippen MR) is 57.6 cm³/mol. The van der Waals surface area contributed by atoms with Gasteiger partial charge in [0.25, 0.3) is 0 Å². The Morgan fingerprint density at radius 3 is 2.33 bits per heavy atom. The van der Waals surface area contributed by atoms with Gasteiger partial charge >= 0.3 is 0 Å². The number of hydrogen-bond acceptors (Lipinski definition) is 3. The standard InChI is InChI=1S/C9H18N2O3S/c1-2-3-9(12)11-6-4-8(5-7-11)15(10,13)14/h8H,2-7H2,1H3,(H2,10,13,14). The van der Waals surface area contributed by atoms with Crippen LogP contribution < -0.4 is 5.14 Å². The van der Waals surface area contributed by atoms with Gasteiger partial charge in [0.1, 0.15) is 0 Å². The van der Waals surface area contributed by atoms with Crippen LogP contribution in [0.25, 0.3) is 0 Å². The number of sulfonamides is 1. The van der Waals surface area contributed by atoms with E-state index in [1.807, 2.05) is 6.92 Å². The fourth-order valence-electron chi connectivity index (χ4n) is 1.81. The summed E-state index contributed by atoms with van der Waals surface area (Å²) in [6, 6.07) is 0. The Morgan fingerprint density at radius 2 is 1.93 bits per heavy atom. The first-order valence-electron chi connectivity index (χ1n) is 5.24. The molecule has 0 spiro atoms. The number of hydrogen-bond donors (Lipinski definition) is 1. The van der Waals surface area contributed by atoms with Crippen molar-refractivity contribution in [3.8, 4) is 0 Å². The quantitative estimate of drug-likeness (QED) is 0.750. The number of likely N-dealkylation sites (tertiary alicyclic amines) is 1. The lowest BCUT2D eigenvalue weighted by molar-refractivity contribution is -0.132. The SMILES string of the molecule is CCCC(=O)N1CCC(S(N)(=O)=O)CC1. The molecule has 15 heavy (non-hydrogen) atoms. The minimum Gasteiger partial charge on any atom is -0.343 e. The molecule has 1 saturated heterocycles. The van der Waals surface area contributed by atoms with Gasteiger partial charge < -0.3 is 4.90 Å². The molecule has 0 aliphatic carbocycles. The minimum atomic E-state index is -3.43. The summed E-state index contributed by atoms with van der Waals surface area (Å²) in [4.78, 5) is 13.2. The van der Waals surface area contributed by atoms with Gasteiger partial charge in [-0.05, 0) is 19.3 Å². The molecule has 0 unspecified atom stereocenters. The van der Waals surface area contributed by atoms with Gasteiger partial charge in [0.2, 0.25) is 15.9 Å². The molecule has 0 aromatic rings. The smallest absolute Gasteiger partial charge is 0.222 e. The molecular formula is C9H18N2O3S. The Balaban J connectivity index is 2.46. The lowest BCUT2D eigenvalue weighted by Crippen LogP contribution is -2.44. The summed E-state index contributed by atoms with van der Waals surface area (Å²) in [5.74, 6) is 0.116. The van der Waals surface area contributed by atoms with Crippen LogP contribution in [0.4, 0.5) is 0 Å². The summed E-state index contributed by atoms with van der Waals surface area (Å²) >= 11 is 0. The monoisotopic (exact) mass is 234 g/mol. The summed E-state index contributed by atoms with van der Waals surface area (Å²) in [7, 11) is -3.43. The number of primary sulfonamides is 1. The number of carbonyl (C=O) groups is 1. The van der Waals surface area contributed by atoms with Crippen molar-refractivity contribution in [2.24, 2.45) is 5.14 Å². The first-order chi connectivity index (χ1) is 6.95. The zero-order valence-electron chi connectivity index (χ0n) is 8.98.